The van der Waals surface area contributed by atoms with Gasteiger partial charge in [-0.2, -0.15) is 0 Å². The Kier molecular flexibility index (Phi) is 5.62. The molecule has 3 aliphatic carbocycles. The predicted molar refractivity (Wildman–Crippen MR) is 172 cm³/mol. The Balaban J connectivity index is 1.19. The van der Waals surface area contributed by atoms with Gasteiger partial charge in [-0.25, -0.2) is 0 Å². The van der Waals surface area contributed by atoms with Crippen LogP contribution in [-0.4, -0.2) is 43.5 Å². The molecule has 4 atom stereocenters. The summed E-state index contributed by atoms with van der Waals surface area (Å²) in [5, 5.41) is 3.67. The van der Waals surface area contributed by atoms with Crippen molar-refractivity contribution in [3.05, 3.63) is 107 Å². The number of ether oxygens (including phenoxy) is 4. The lowest BCUT2D eigenvalue weighted by atomic mass is 9.49. The van der Waals surface area contributed by atoms with Crippen LogP contribution < -0.4 is 9.47 Å². The van der Waals surface area contributed by atoms with Gasteiger partial charge in [0.1, 0.15) is 16.9 Å². The number of rotatable bonds is 8. The Morgan fingerprint density at radius 2 is 1.82 bits per heavy atom. The second kappa shape index (κ2) is 9.58. The third-order valence-electron chi connectivity index (χ3n) is 11.5. The van der Waals surface area contributed by atoms with E-state index >= 15 is 0 Å². The van der Waals surface area contributed by atoms with E-state index in [1.165, 1.54) is 51.3 Å². The lowest BCUT2D eigenvalue weighted by molar-refractivity contribution is -0.212. The average Bonchev–Trinajstić information content (AvgIpc) is 3.72. The van der Waals surface area contributed by atoms with Crippen LogP contribution >= 0.6 is 0 Å². The van der Waals surface area contributed by atoms with E-state index in [0.29, 0.717) is 6.61 Å². The van der Waals surface area contributed by atoms with Crippen molar-refractivity contribution < 1.29 is 23.4 Å². The summed E-state index contributed by atoms with van der Waals surface area (Å²) < 4.78 is 33.0. The topological polar surface area (TPSA) is 53.3 Å². The van der Waals surface area contributed by atoms with Crippen molar-refractivity contribution >= 4 is 21.7 Å². The molecule has 1 saturated carbocycles. The quantitative estimate of drug-likeness (QED) is 0.172. The van der Waals surface area contributed by atoms with Crippen LogP contribution in [0, 0.1) is 5.92 Å². The highest BCUT2D eigenvalue weighted by molar-refractivity contribution is 5.84. The van der Waals surface area contributed by atoms with Gasteiger partial charge in [-0.3, -0.25) is 4.90 Å². The number of para-hydroxylation sites is 1. The second-order valence-electron chi connectivity index (χ2n) is 13.8. The van der Waals surface area contributed by atoms with Crippen LogP contribution in [0.3, 0.4) is 0 Å². The summed E-state index contributed by atoms with van der Waals surface area (Å²) in [5.74, 6) is 3.33. The Bertz CT molecular complexity index is 1980. The molecule has 0 N–H and O–H groups in total. The molecule has 0 unspecified atom stereocenters. The molecule has 5 aliphatic rings. The second-order valence-corrected chi connectivity index (χ2v) is 13.8. The van der Waals surface area contributed by atoms with E-state index in [1.54, 1.807) is 7.11 Å². The van der Waals surface area contributed by atoms with Crippen LogP contribution in [-0.2, 0) is 34.3 Å². The van der Waals surface area contributed by atoms with E-state index in [2.05, 4.69) is 83.8 Å². The minimum atomic E-state index is -0.506. The maximum absolute atomic E-state index is 7.63. The molecule has 45 heavy (non-hydrogen) atoms. The molecule has 2 bridgehead atoms. The van der Waals surface area contributed by atoms with Crippen molar-refractivity contribution in [3.8, 4) is 11.5 Å². The van der Waals surface area contributed by atoms with Crippen LogP contribution in [0.4, 0.5) is 0 Å². The number of likely N-dealkylation sites (tertiary alicyclic amines) is 1. The van der Waals surface area contributed by atoms with Gasteiger partial charge in [0, 0.05) is 42.6 Å². The number of hydrogen-bond donors (Lipinski definition) is 0. The number of nitrogens with zero attached hydrogens (tertiary/aromatic N) is 1. The Morgan fingerprint density at radius 3 is 2.71 bits per heavy atom. The zero-order valence-electron chi connectivity index (χ0n) is 25.6. The van der Waals surface area contributed by atoms with E-state index < -0.39 is 11.0 Å². The maximum Gasteiger partial charge on any atom is 0.188 e. The van der Waals surface area contributed by atoms with Crippen LogP contribution in [0.5, 0.6) is 11.5 Å². The smallest absolute Gasteiger partial charge is 0.188 e. The Morgan fingerprint density at radius 1 is 0.956 bits per heavy atom. The van der Waals surface area contributed by atoms with Crippen molar-refractivity contribution in [2.24, 2.45) is 5.92 Å². The minimum absolute atomic E-state index is 0.171. The van der Waals surface area contributed by atoms with Gasteiger partial charge in [-0.1, -0.05) is 60.7 Å². The Labute approximate surface area is 262 Å². The van der Waals surface area contributed by atoms with Gasteiger partial charge < -0.3 is 23.4 Å². The molecule has 3 heterocycles. The third kappa shape index (κ3) is 3.62. The monoisotopic (exact) mass is 599 g/mol. The summed E-state index contributed by atoms with van der Waals surface area (Å²) in [5.41, 5.74) is 5.08. The molecule has 2 fully saturated rings. The summed E-state index contributed by atoms with van der Waals surface area (Å²) in [7, 11) is 1.66. The van der Waals surface area contributed by atoms with Gasteiger partial charge in [-0.15, -0.1) is 0 Å². The van der Waals surface area contributed by atoms with E-state index in [9.17, 15) is 0 Å². The van der Waals surface area contributed by atoms with Gasteiger partial charge in [-0.05, 0) is 78.2 Å². The lowest BCUT2D eigenvalue weighted by Gasteiger charge is -2.64. The van der Waals surface area contributed by atoms with E-state index in [0.717, 1.165) is 61.1 Å². The van der Waals surface area contributed by atoms with Crippen molar-refractivity contribution in [3.63, 3.8) is 0 Å². The first-order chi connectivity index (χ1) is 22.2. The van der Waals surface area contributed by atoms with Gasteiger partial charge in [0.25, 0.3) is 0 Å². The van der Waals surface area contributed by atoms with Gasteiger partial charge >= 0.3 is 0 Å². The summed E-state index contributed by atoms with van der Waals surface area (Å²) in [6.45, 7) is 2.89. The number of methoxy groups -OCH3 is 1. The molecule has 6 heteroatoms. The third-order valence-corrected chi connectivity index (χ3v) is 11.5. The maximum atomic E-state index is 7.63. The van der Waals surface area contributed by atoms with Crippen LogP contribution in [0.1, 0.15) is 53.4 Å². The van der Waals surface area contributed by atoms with Crippen molar-refractivity contribution in [1.82, 2.24) is 4.90 Å². The number of hydrogen-bond acceptors (Lipinski definition) is 6. The highest BCUT2D eigenvalue weighted by Crippen LogP contribution is 2.70. The molecule has 0 amide bonds. The summed E-state index contributed by atoms with van der Waals surface area (Å²) >= 11 is 0. The zero-order valence-corrected chi connectivity index (χ0v) is 25.6. The molecule has 0 radical (unpaired) electrons. The van der Waals surface area contributed by atoms with Crippen molar-refractivity contribution in [2.75, 3.05) is 27.0 Å². The molecule has 1 spiro atoms. The highest BCUT2D eigenvalue weighted by atomic mass is 16.7. The molecule has 6 nitrogen and oxygen atoms in total. The number of furan rings is 1. The molecule has 228 valence electrons. The minimum Gasteiger partial charge on any atom is -0.477 e. The molecule has 5 aromatic rings. The molecule has 10 rings (SSSR count). The van der Waals surface area contributed by atoms with Crippen LogP contribution in [0.15, 0.2) is 83.3 Å². The largest absolute Gasteiger partial charge is 0.477 e. The predicted octanol–water partition coefficient (Wildman–Crippen LogP) is 7.49. The molecule has 1 saturated heterocycles. The molecular weight excluding hydrogens is 562 g/mol. The molecule has 1 aromatic heterocycles. The van der Waals surface area contributed by atoms with Gasteiger partial charge in [0.05, 0.1) is 12.0 Å². The normalized spacial score (nSPS) is 27.8. The molecule has 4 aromatic carbocycles. The number of fused-ring (bicyclic) bond motifs is 5. The SMILES string of the molecule is COCOc1ccc2c3c1O[C@H]1c4oc5ccccc5c4C[C@@]4(OCc5ccc6ccccc6c5)[C@H](C2)N(CC2CC2)CC[C@]314. The molecule has 2 aliphatic heterocycles. The van der Waals surface area contributed by atoms with Crippen molar-refractivity contribution in [1.29, 1.82) is 0 Å². The van der Waals surface area contributed by atoms with Crippen molar-refractivity contribution in [2.45, 2.75) is 61.9 Å². The number of piperidine rings is 1. The van der Waals surface area contributed by atoms with E-state index in [-0.39, 0.29) is 18.9 Å². The first-order valence-corrected chi connectivity index (χ1v) is 16.5. The Hall–Kier alpha value is -3.84. The zero-order chi connectivity index (χ0) is 29.8. The summed E-state index contributed by atoms with van der Waals surface area (Å²) in [6, 6.07) is 28.4. The highest BCUT2D eigenvalue weighted by Gasteiger charge is 2.74. The lowest BCUT2D eigenvalue weighted by Crippen LogP contribution is -2.75. The fourth-order valence-electron chi connectivity index (χ4n) is 9.43. The first-order valence-electron chi connectivity index (χ1n) is 16.5. The average molecular weight is 600 g/mol. The number of benzene rings is 4. The summed E-state index contributed by atoms with van der Waals surface area (Å²) in [4.78, 5) is 2.78. The summed E-state index contributed by atoms with van der Waals surface area (Å²) in [6.07, 6.45) is 5.05. The van der Waals surface area contributed by atoms with E-state index in [1.807, 2.05) is 0 Å². The fourth-order valence-corrected chi connectivity index (χ4v) is 9.43. The first kappa shape index (κ1) is 26.4. The standard InChI is InChI=1S/C39H37NO5/c1-41-23-42-32-15-14-28-19-33-39(43-22-25-12-13-26-6-2-3-7-27(26)18-25)20-30-29-8-4-5-9-31(29)44-35(30)37-38(39,34(28)36(32)45-37)16-17-40(33)21-24-10-11-24/h2-9,12-15,18,24,33,37H,10-11,16-17,19-23H2,1H3/t33-,37-,38-,39+/m0/s1. The van der Waals surface area contributed by atoms with E-state index in [4.69, 9.17) is 23.4 Å². The van der Waals surface area contributed by atoms with Crippen LogP contribution in [0.2, 0.25) is 0 Å². The van der Waals surface area contributed by atoms with Crippen LogP contribution in [0.25, 0.3) is 21.7 Å². The van der Waals surface area contributed by atoms with Gasteiger partial charge in [0.2, 0.25) is 0 Å². The molecular formula is C39H37NO5. The van der Waals surface area contributed by atoms with Gasteiger partial charge in [0.15, 0.2) is 24.4 Å². The fraction of sp³-hybridized carbons (Fsp3) is 0.385.